The summed E-state index contributed by atoms with van der Waals surface area (Å²) >= 11 is 0. The van der Waals surface area contributed by atoms with Crippen LogP contribution >= 0.6 is 0 Å². The molecule has 1 heterocycles. The minimum absolute atomic E-state index is 0.00833. The highest BCUT2D eigenvalue weighted by atomic mass is 16.1. The Morgan fingerprint density at radius 3 is 2.44 bits per heavy atom. The molecule has 0 saturated heterocycles. The van der Waals surface area contributed by atoms with Gasteiger partial charge in [-0.2, -0.15) is 5.10 Å². The lowest BCUT2D eigenvalue weighted by atomic mass is 9.89. The zero-order valence-electron chi connectivity index (χ0n) is 14.7. The van der Waals surface area contributed by atoms with E-state index in [9.17, 15) is 4.79 Å². The second kappa shape index (κ2) is 6.36. The number of hydrazone groups is 1. The third kappa shape index (κ3) is 2.68. The van der Waals surface area contributed by atoms with Crippen LogP contribution in [0.2, 0.25) is 0 Å². The first-order valence-corrected chi connectivity index (χ1v) is 9.13. The molecule has 1 N–H and O–H groups in total. The Labute approximate surface area is 157 Å². The molecular formula is C24H18N2O. The summed E-state index contributed by atoms with van der Waals surface area (Å²) in [5, 5.41) is 8.96. The van der Waals surface area contributed by atoms with Gasteiger partial charge in [-0.25, -0.2) is 0 Å². The second-order valence-corrected chi connectivity index (χ2v) is 6.87. The molecule has 0 fully saturated rings. The lowest BCUT2D eigenvalue weighted by Crippen LogP contribution is -2.21. The summed E-state index contributed by atoms with van der Waals surface area (Å²) in [5.74, 6) is -0.0186. The maximum absolute atomic E-state index is 13.2. The van der Waals surface area contributed by atoms with Gasteiger partial charge < -0.3 is 5.43 Å². The van der Waals surface area contributed by atoms with Crippen molar-refractivity contribution in [3.8, 4) is 0 Å². The monoisotopic (exact) mass is 350 g/mol. The largest absolute Gasteiger partial charge is 0.309 e. The molecule has 5 rings (SSSR count). The first-order valence-electron chi connectivity index (χ1n) is 9.13. The van der Waals surface area contributed by atoms with Crippen LogP contribution < -0.4 is 5.43 Å². The molecule has 4 aromatic carbocycles. The van der Waals surface area contributed by atoms with E-state index in [2.05, 4.69) is 34.8 Å². The molecule has 3 heteroatoms. The van der Waals surface area contributed by atoms with Gasteiger partial charge in [-0.3, -0.25) is 4.79 Å². The average Bonchev–Trinajstić information content (AvgIpc) is 3.23. The zero-order chi connectivity index (χ0) is 18.2. The van der Waals surface area contributed by atoms with Crippen molar-refractivity contribution in [1.82, 2.24) is 5.43 Å². The van der Waals surface area contributed by atoms with Crippen LogP contribution in [0.5, 0.6) is 0 Å². The molecule has 0 aliphatic carbocycles. The number of nitrogens with zero attached hydrogens (tertiary/aromatic N) is 1. The number of fused-ring (bicyclic) bond motifs is 3. The number of carbonyl (C=O) groups is 1. The van der Waals surface area contributed by atoms with Crippen LogP contribution in [0.15, 0.2) is 90.0 Å². The fourth-order valence-electron chi connectivity index (χ4n) is 3.87. The minimum atomic E-state index is -0.0103. The predicted molar refractivity (Wildman–Crippen MR) is 110 cm³/mol. The van der Waals surface area contributed by atoms with Crippen LogP contribution in [0.1, 0.15) is 21.8 Å². The van der Waals surface area contributed by atoms with Crippen LogP contribution in [0, 0.1) is 0 Å². The molecule has 0 unspecified atom stereocenters. The third-order valence-corrected chi connectivity index (χ3v) is 5.27. The maximum atomic E-state index is 13.2. The lowest BCUT2D eigenvalue weighted by molar-refractivity contribution is 0.106. The Morgan fingerprint density at radius 2 is 1.56 bits per heavy atom. The molecule has 0 bridgehead atoms. The molecule has 3 nitrogen and oxygen atoms in total. The number of carbonyl (C=O) groups excluding carboxylic acids is 1. The van der Waals surface area contributed by atoms with Crippen molar-refractivity contribution in [1.29, 1.82) is 0 Å². The molecular weight excluding hydrogens is 332 g/mol. The van der Waals surface area contributed by atoms with Gasteiger partial charge in [-0.1, -0.05) is 78.9 Å². The van der Waals surface area contributed by atoms with Crippen molar-refractivity contribution in [3.63, 3.8) is 0 Å². The van der Waals surface area contributed by atoms with Crippen molar-refractivity contribution in [2.75, 3.05) is 6.54 Å². The Morgan fingerprint density at radius 1 is 0.815 bits per heavy atom. The molecule has 130 valence electrons. The molecule has 1 atom stereocenters. The van der Waals surface area contributed by atoms with Crippen LogP contribution in [-0.2, 0) is 0 Å². The average molecular weight is 350 g/mol. The van der Waals surface area contributed by atoms with Gasteiger partial charge in [0, 0.05) is 12.1 Å². The summed E-state index contributed by atoms with van der Waals surface area (Å²) in [6.45, 7) is 0.656. The highest BCUT2D eigenvalue weighted by Crippen LogP contribution is 2.28. The number of nitrogens with one attached hydrogen (secondary N) is 1. The summed E-state index contributed by atoms with van der Waals surface area (Å²) < 4.78 is 0. The Balaban J connectivity index is 1.55. The molecule has 0 aromatic heterocycles. The van der Waals surface area contributed by atoms with Gasteiger partial charge in [0.25, 0.3) is 0 Å². The van der Waals surface area contributed by atoms with E-state index in [4.69, 9.17) is 0 Å². The van der Waals surface area contributed by atoms with E-state index in [0.717, 1.165) is 16.3 Å². The van der Waals surface area contributed by atoms with Gasteiger partial charge >= 0.3 is 0 Å². The van der Waals surface area contributed by atoms with E-state index in [1.807, 2.05) is 60.7 Å². The van der Waals surface area contributed by atoms with Crippen molar-refractivity contribution in [2.24, 2.45) is 5.10 Å². The van der Waals surface area contributed by atoms with E-state index in [0.29, 0.717) is 17.8 Å². The summed E-state index contributed by atoms with van der Waals surface area (Å²) in [6.07, 6.45) is 0. The van der Waals surface area contributed by atoms with Gasteiger partial charge in [0.15, 0.2) is 0 Å². The van der Waals surface area contributed by atoms with Gasteiger partial charge in [-0.15, -0.1) is 0 Å². The van der Waals surface area contributed by atoms with E-state index >= 15 is 0 Å². The minimum Gasteiger partial charge on any atom is -0.309 e. The number of benzene rings is 4. The number of Topliss-reactive ketones (excluding diaryl/α,β-unsaturated/α-hetero) is 1. The van der Waals surface area contributed by atoms with Crippen LogP contribution in [0.25, 0.3) is 21.5 Å². The third-order valence-electron chi connectivity index (χ3n) is 5.27. The highest BCUT2D eigenvalue weighted by Gasteiger charge is 2.29. The van der Waals surface area contributed by atoms with E-state index < -0.39 is 0 Å². The maximum Gasteiger partial charge on any atom is 0.209 e. The molecule has 1 aliphatic rings. The molecule has 4 aromatic rings. The fourth-order valence-corrected chi connectivity index (χ4v) is 3.87. The molecule has 27 heavy (non-hydrogen) atoms. The van der Waals surface area contributed by atoms with Gasteiger partial charge in [0.05, 0.1) is 5.92 Å². The summed E-state index contributed by atoms with van der Waals surface area (Å²) in [6, 6.07) is 28.5. The first kappa shape index (κ1) is 15.8. The summed E-state index contributed by atoms with van der Waals surface area (Å²) in [4.78, 5) is 13.2. The molecule has 0 saturated carbocycles. The van der Waals surface area contributed by atoms with E-state index in [1.165, 1.54) is 10.8 Å². The Kier molecular flexibility index (Phi) is 3.72. The quantitative estimate of drug-likeness (QED) is 0.421. The molecule has 0 amide bonds. The standard InChI is InChI=1S/C24H18N2O/c27-24(23-22(15-25-26-23)16-6-2-1-3-7-16)19-12-13-21-18(14-19)11-10-17-8-4-5-9-20(17)21/h1-14,22,25H,15H2/t22-/m1/s1. The summed E-state index contributed by atoms with van der Waals surface area (Å²) in [7, 11) is 0. The molecule has 0 spiro atoms. The lowest BCUT2D eigenvalue weighted by Gasteiger charge is -2.12. The zero-order valence-corrected chi connectivity index (χ0v) is 14.7. The first-order chi connectivity index (χ1) is 13.3. The smallest absolute Gasteiger partial charge is 0.209 e. The highest BCUT2D eigenvalue weighted by molar-refractivity contribution is 6.48. The van der Waals surface area contributed by atoms with Crippen molar-refractivity contribution in [3.05, 3.63) is 96.1 Å². The SMILES string of the molecule is O=C(C1=NNC[C@@H]1c1ccccc1)c1ccc2c(ccc3ccccc32)c1. The predicted octanol–water partition coefficient (Wildman–Crippen LogP) is 4.92. The number of hydrogen-bond donors (Lipinski definition) is 1. The number of ketones is 1. The summed E-state index contributed by atoms with van der Waals surface area (Å²) in [5.41, 5.74) is 5.38. The molecule has 1 aliphatic heterocycles. The fraction of sp³-hybridized carbons (Fsp3) is 0.0833. The number of rotatable bonds is 3. The Bertz CT molecular complexity index is 1190. The molecule has 0 radical (unpaired) electrons. The van der Waals surface area contributed by atoms with E-state index in [1.54, 1.807) is 0 Å². The number of hydrogen-bond acceptors (Lipinski definition) is 3. The topological polar surface area (TPSA) is 41.5 Å². The van der Waals surface area contributed by atoms with Gasteiger partial charge in [0.1, 0.15) is 5.71 Å². The van der Waals surface area contributed by atoms with Gasteiger partial charge in [-0.05, 0) is 33.2 Å². The normalized spacial score (nSPS) is 16.3. The van der Waals surface area contributed by atoms with Gasteiger partial charge in [0.2, 0.25) is 5.78 Å². The van der Waals surface area contributed by atoms with Crippen LogP contribution in [0.4, 0.5) is 0 Å². The van der Waals surface area contributed by atoms with Crippen LogP contribution in [0.3, 0.4) is 0 Å². The van der Waals surface area contributed by atoms with Crippen molar-refractivity contribution < 1.29 is 4.79 Å². The Hall–Kier alpha value is -3.46. The van der Waals surface area contributed by atoms with E-state index in [-0.39, 0.29) is 11.7 Å². The van der Waals surface area contributed by atoms with Crippen molar-refractivity contribution in [2.45, 2.75) is 5.92 Å². The second-order valence-electron chi connectivity index (χ2n) is 6.87. The van der Waals surface area contributed by atoms with Crippen molar-refractivity contribution >= 4 is 33.0 Å². The van der Waals surface area contributed by atoms with Crippen LogP contribution in [-0.4, -0.2) is 18.0 Å².